The molecule has 2 aliphatic rings. The van der Waals surface area contributed by atoms with Gasteiger partial charge in [0.2, 0.25) is 0 Å². The highest BCUT2D eigenvalue weighted by Crippen LogP contribution is 2.38. The third kappa shape index (κ3) is 3.42. The maximum atomic E-state index is 10.6. The van der Waals surface area contributed by atoms with Crippen LogP contribution in [0.4, 0.5) is 0 Å². The molecule has 1 unspecified atom stereocenters. The number of aryl methyl sites for hydroxylation is 1. The van der Waals surface area contributed by atoms with Gasteiger partial charge in [-0.15, -0.1) is 0 Å². The van der Waals surface area contributed by atoms with Gasteiger partial charge in [0, 0.05) is 56.5 Å². The molecule has 2 aromatic rings. The second kappa shape index (κ2) is 7.56. The van der Waals surface area contributed by atoms with Crippen molar-refractivity contribution in [3.05, 3.63) is 47.3 Å². The predicted molar refractivity (Wildman–Crippen MR) is 98.1 cm³/mol. The fourth-order valence-electron chi connectivity index (χ4n) is 3.73. The van der Waals surface area contributed by atoms with Gasteiger partial charge in [-0.25, -0.2) is 4.98 Å². The van der Waals surface area contributed by atoms with Crippen molar-refractivity contribution in [1.82, 2.24) is 19.0 Å². The highest BCUT2D eigenvalue weighted by Gasteiger charge is 2.29. The largest absolute Gasteiger partial charge is 0.397 e. The first kappa shape index (κ1) is 17.9. The van der Waals surface area contributed by atoms with Crippen molar-refractivity contribution in [2.45, 2.75) is 32.4 Å². The monoisotopic (exact) mass is 344 g/mol. The van der Waals surface area contributed by atoms with Gasteiger partial charge in [-0.2, -0.15) is 0 Å². The number of nitrogens with zero attached hydrogens (tertiary/aromatic N) is 4. The average Bonchev–Trinajstić information content (AvgIpc) is 3.15. The molecule has 25 heavy (non-hydrogen) atoms. The Morgan fingerprint density at radius 2 is 1.88 bits per heavy atom. The van der Waals surface area contributed by atoms with Crippen LogP contribution in [0.1, 0.15) is 43.0 Å². The lowest BCUT2D eigenvalue weighted by Gasteiger charge is -2.26. The summed E-state index contributed by atoms with van der Waals surface area (Å²) in [6.45, 7) is 4.67. The zero-order valence-electron chi connectivity index (χ0n) is 15.3. The van der Waals surface area contributed by atoms with Crippen LogP contribution in [-0.4, -0.2) is 56.0 Å². The second-order valence-electron chi connectivity index (χ2n) is 6.74. The summed E-state index contributed by atoms with van der Waals surface area (Å²) < 4.78 is 4.13. The third-order valence-electron chi connectivity index (χ3n) is 4.96. The zero-order valence-corrected chi connectivity index (χ0v) is 15.3. The Hall–Kier alpha value is -1.89. The number of aromatic nitrogens is 3. The van der Waals surface area contributed by atoms with E-state index in [0.29, 0.717) is 6.54 Å². The van der Waals surface area contributed by atoms with E-state index in [1.54, 1.807) is 6.92 Å². The van der Waals surface area contributed by atoms with Crippen molar-refractivity contribution in [2.75, 3.05) is 26.7 Å². The molecule has 4 heterocycles. The van der Waals surface area contributed by atoms with Crippen LogP contribution >= 0.6 is 0 Å². The van der Waals surface area contributed by atoms with Gasteiger partial charge in [-0.3, -0.25) is 0 Å². The van der Waals surface area contributed by atoms with Crippen molar-refractivity contribution < 1.29 is 10.2 Å². The van der Waals surface area contributed by atoms with Crippen molar-refractivity contribution >= 4 is 5.57 Å². The molecule has 0 bridgehead atoms. The highest BCUT2D eigenvalue weighted by molar-refractivity contribution is 5.81. The van der Waals surface area contributed by atoms with Gasteiger partial charge in [0.15, 0.2) is 0 Å². The molecule has 0 saturated carbocycles. The summed E-state index contributed by atoms with van der Waals surface area (Å²) in [7, 11) is 4.18. The van der Waals surface area contributed by atoms with Crippen LogP contribution in [0.5, 0.6) is 0 Å². The number of fused-ring (bicyclic) bond motifs is 2. The van der Waals surface area contributed by atoms with Gasteiger partial charge in [-0.1, -0.05) is 5.57 Å². The smallest absolute Gasteiger partial charge is 0.140 e. The lowest BCUT2D eigenvalue weighted by Crippen LogP contribution is -2.27. The fraction of sp³-hybridized carbons (Fsp3) is 0.526. The molecule has 1 atom stereocenters. The standard InChI is InChI=1S/C17H22N4O.C2H6O/c1-19-7-3-12(4-8-19)15-13-5-9-20(2)16(13)14(22)11-21-10-6-18-17(15)21;1-2-3/h5-6,9-10,14,22H,3-4,7-8,11H2,1-2H3;3H,2H2,1H3. The lowest BCUT2D eigenvalue weighted by molar-refractivity contribution is 0.149. The number of hydrogen-bond donors (Lipinski definition) is 2. The summed E-state index contributed by atoms with van der Waals surface area (Å²) >= 11 is 0. The summed E-state index contributed by atoms with van der Waals surface area (Å²) in [4.78, 5) is 6.98. The molecule has 0 amide bonds. The molecular formula is C19H28N4O2. The number of hydrogen-bond acceptors (Lipinski definition) is 4. The van der Waals surface area contributed by atoms with Gasteiger partial charge in [0.25, 0.3) is 0 Å². The van der Waals surface area contributed by atoms with E-state index >= 15 is 0 Å². The third-order valence-corrected chi connectivity index (χ3v) is 4.96. The summed E-state index contributed by atoms with van der Waals surface area (Å²) in [6.07, 6.45) is 7.51. The molecule has 1 fully saturated rings. The number of aliphatic hydroxyl groups excluding tert-OH is 2. The molecule has 6 nitrogen and oxygen atoms in total. The first-order valence-corrected chi connectivity index (χ1v) is 8.93. The van der Waals surface area contributed by atoms with Crippen molar-refractivity contribution in [3.8, 4) is 0 Å². The Labute approximate surface area is 149 Å². The maximum Gasteiger partial charge on any atom is 0.140 e. The molecule has 2 aliphatic heterocycles. The number of aliphatic hydroxyl groups is 2. The molecule has 0 aromatic carbocycles. The van der Waals surface area contributed by atoms with Crippen LogP contribution in [-0.2, 0) is 13.6 Å². The summed E-state index contributed by atoms with van der Waals surface area (Å²) in [5.41, 5.74) is 4.86. The molecule has 6 heteroatoms. The van der Waals surface area contributed by atoms with Gasteiger partial charge >= 0.3 is 0 Å². The van der Waals surface area contributed by atoms with Gasteiger partial charge < -0.3 is 24.2 Å². The highest BCUT2D eigenvalue weighted by atomic mass is 16.3. The minimum atomic E-state index is -0.493. The van der Waals surface area contributed by atoms with E-state index in [9.17, 15) is 5.11 Å². The van der Waals surface area contributed by atoms with E-state index in [-0.39, 0.29) is 6.61 Å². The summed E-state index contributed by atoms with van der Waals surface area (Å²) in [5.74, 6) is 1.00. The minimum absolute atomic E-state index is 0.250. The predicted octanol–water partition coefficient (Wildman–Crippen LogP) is 1.79. The first-order chi connectivity index (χ1) is 12.1. The quantitative estimate of drug-likeness (QED) is 0.765. The summed E-state index contributed by atoms with van der Waals surface area (Å²) in [5, 5.41) is 18.2. The SMILES string of the molecule is CCO.CN1CCC(=C2c3ccn(C)c3C(O)Cn3ccnc32)CC1. The Morgan fingerprint density at radius 3 is 2.56 bits per heavy atom. The van der Waals surface area contributed by atoms with Crippen molar-refractivity contribution in [3.63, 3.8) is 0 Å². The van der Waals surface area contributed by atoms with E-state index in [1.165, 1.54) is 11.1 Å². The van der Waals surface area contributed by atoms with Crippen LogP contribution in [0.3, 0.4) is 0 Å². The molecule has 4 rings (SSSR count). The normalized spacial score (nSPS) is 20.4. The van der Waals surface area contributed by atoms with E-state index in [4.69, 9.17) is 5.11 Å². The average molecular weight is 344 g/mol. The Bertz CT molecular complexity index is 749. The fourth-order valence-corrected chi connectivity index (χ4v) is 3.73. The van der Waals surface area contributed by atoms with Crippen molar-refractivity contribution in [2.24, 2.45) is 7.05 Å². The molecule has 1 saturated heterocycles. The van der Waals surface area contributed by atoms with Crippen molar-refractivity contribution in [1.29, 1.82) is 0 Å². The molecule has 0 radical (unpaired) electrons. The molecule has 2 aromatic heterocycles. The maximum absolute atomic E-state index is 10.6. The molecule has 0 spiro atoms. The first-order valence-electron chi connectivity index (χ1n) is 8.93. The topological polar surface area (TPSA) is 66.4 Å². The number of likely N-dealkylation sites (tertiary alicyclic amines) is 1. The van der Waals surface area contributed by atoms with Gasteiger partial charge in [0.05, 0.1) is 12.2 Å². The number of imidazole rings is 1. The molecule has 136 valence electrons. The second-order valence-corrected chi connectivity index (χ2v) is 6.74. The van der Waals surface area contributed by atoms with Gasteiger partial charge in [0.1, 0.15) is 11.9 Å². The molecule has 2 N–H and O–H groups in total. The minimum Gasteiger partial charge on any atom is -0.397 e. The summed E-state index contributed by atoms with van der Waals surface area (Å²) in [6, 6.07) is 2.13. The van der Waals surface area contributed by atoms with Crippen LogP contribution in [0.25, 0.3) is 5.57 Å². The lowest BCUT2D eigenvalue weighted by atomic mass is 9.92. The van der Waals surface area contributed by atoms with Crippen LogP contribution in [0, 0.1) is 0 Å². The van der Waals surface area contributed by atoms with E-state index in [1.807, 2.05) is 30.2 Å². The zero-order chi connectivity index (χ0) is 18.0. The Balaban J connectivity index is 0.000000569. The van der Waals surface area contributed by atoms with Gasteiger partial charge in [-0.05, 0) is 32.9 Å². The number of rotatable bonds is 0. The Kier molecular flexibility index (Phi) is 5.42. The number of piperidine rings is 1. The van der Waals surface area contributed by atoms with E-state index in [0.717, 1.165) is 43.0 Å². The molecule has 0 aliphatic carbocycles. The Morgan fingerprint density at radius 1 is 1.20 bits per heavy atom. The van der Waals surface area contributed by atoms with Crippen LogP contribution < -0.4 is 0 Å². The molecular weight excluding hydrogens is 316 g/mol. The van der Waals surface area contributed by atoms with Crippen LogP contribution in [0.2, 0.25) is 0 Å². The van der Waals surface area contributed by atoms with Crippen LogP contribution in [0.15, 0.2) is 30.2 Å². The van der Waals surface area contributed by atoms with E-state index in [2.05, 4.69) is 27.6 Å². The van der Waals surface area contributed by atoms with E-state index < -0.39 is 6.10 Å².